The van der Waals surface area contributed by atoms with Crippen molar-refractivity contribution in [2.45, 2.75) is 38.9 Å². The van der Waals surface area contributed by atoms with Gasteiger partial charge in [-0.15, -0.1) is 11.3 Å². The first kappa shape index (κ1) is 19.0. The van der Waals surface area contributed by atoms with Crippen LogP contribution in [0.25, 0.3) is 36.8 Å². The fourth-order valence-corrected chi connectivity index (χ4v) is 5.16. The van der Waals surface area contributed by atoms with Crippen LogP contribution in [0, 0.1) is 6.08 Å². The highest BCUT2D eigenvalue weighted by atomic mass is 32.1. The molecule has 152 valence electrons. The van der Waals surface area contributed by atoms with Crippen molar-refractivity contribution in [1.82, 2.24) is 4.98 Å². The van der Waals surface area contributed by atoms with E-state index < -0.39 is 0 Å². The molecule has 0 radical (unpaired) electrons. The maximum atomic E-state index is 6.23. The SMILES string of the molecule is CC1(C)OB(c2ccc3c(c2)sc2cc4oc(C5=CC=[C+]C=C5)nc4cc23)OC1(C)C. The van der Waals surface area contributed by atoms with Gasteiger partial charge in [-0.1, -0.05) is 12.1 Å². The molecule has 4 aromatic rings. The van der Waals surface area contributed by atoms with Crippen LogP contribution in [0.3, 0.4) is 0 Å². The van der Waals surface area contributed by atoms with E-state index in [1.165, 1.54) is 20.2 Å². The Morgan fingerprint density at radius 3 is 2.48 bits per heavy atom. The molecule has 0 bridgehead atoms. The fraction of sp³-hybridized carbons (Fsp3) is 0.240. The highest BCUT2D eigenvalue weighted by molar-refractivity contribution is 7.26. The summed E-state index contributed by atoms with van der Waals surface area (Å²) in [5.74, 6) is 0.633. The molecule has 2 aromatic heterocycles. The van der Waals surface area contributed by atoms with E-state index in [0.29, 0.717) is 5.89 Å². The first-order valence-corrected chi connectivity index (χ1v) is 11.2. The first-order chi connectivity index (χ1) is 14.8. The molecule has 0 spiro atoms. The van der Waals surface area contributed by atoms with Crippen LogP contribution in [0.5, 0.6) is 0 Å². The Morgan fingerprint density at radius 1 is 0.968 bits per heavy atom. The van der Waals surface area contributed by atoms with Gasteiger partial charge in [0.05, 0.1) is 23.4 Å². The zero-order valence-electron chi connectivity index (χ0n) is 17.9. The van der Waals surface area contributed by atoms with Gasteiger partial charge in [0, 0.05) is 32.3 Å². The van der Waals surface area contributed by atoms with Crippen LogP contribution in [0.1, 0.15) is 33.6 Å². The second-order valence-corrected chi connectivity index (χ2v) is 10.2. The fourth-order valence-electron chi connectivity index (χ4n) is 3.99. The minimum Gasteiger partial charge on any atom is -0.434 e. The molecule has 1 saturated heterocycles. The Hall–Kier alpha value is -2.76. The van der Waals surface area contributed by atoms with Crippen molar-refractivity contribution in [3.63, 3.8) is 0 Å². The molecule has 0 unspecified atom stereocenters. The van der Waals surface area contributed by atoms with E-state index in [2.05, 4.69) is 64.1 Å². The third-order valence-electron chi connectivity index (χ3n) is 6.50. The summed E-state index contributed by atoms with van der Waals surface area (Å²) in [5, 5.41) is 2.40. The monoisotopic (exact) mass is 426 g/mol. The summed E-state index contributed by atoms with van der Waals surface area (Å²) < 4.78 is 20.9. The van der Waals surface area contributed by atoms with Gasteiger partial charge in [0.1, 0.15) is 23.2 Å². The van der Waals surface area contributed by atoms with Gasteiger partial charge in [-0.05, 0) is 45.3 Å². The van der Waals surface area contributed by atoms with Crippen molar-refractivity contribution < 1.29 is 13.7 Å². The van der Waals surface area contributed by atoms with E-state index in [0.717, 1.165) is 22.1 Å². The normalized spacial score (nSPS) is 19.5. The lowest BCUT2D eigenvalue weighted by Gasteiger charge is -2.32. The smallest absolute Gasteiger partial charge is 0.434 e. The molecule has 1 aliphatic heterocycles. The molecule has 2 aromatic carbocycles. The number of thiophene rings is 1. The number of nitrogens with zero attached hydrogens (tertiary/aromatic N) is 1. The van der Waals surface area contributed by atoms with E-state index >= 15 is 0 Å². The molecular weight excluding hydrogens is 405 g/mol. The molecule has 3 heterocycles. The summed E-state index contributed by atoms with van der Waals surface area (Å²) in [6.45, 7) is 8.31. The van der Waals surface area contributed by atoms with Crippen LogP contribution in [0.2, 0.25) is 0 Å². The van der Waals surface area contributed by atoms with Crippen molar-refractivity contribution >= 4 is 60.8 Å². The van der Waals surface area contributed by atoms with Gasteiger partial charge < -0.3 is 13.7 Å². The van der Waals surface area contributed by atoms with E-state index in [4.69, 9.17) is 18.7 Å². The topological polar surface area (TPSA) is 44.5 Å². The zero-order valence-corrected chi connectivity index (χ0v) is 18.7. The molecule has 2 aliphatic rings. The number of fused-ring (bicyclic) bond motifs is 4. The molecule has 6 rings (SSSR count). The lowest BCUT2D eigenvalue weighted by atomic mass is 9.79. The van der Waals surface area contributed by atoms with Gasteiger partial charge in [0.15, 0.2) is 5.58 Å². The summed E-state index contributed by atoms with van der Waals surface area (Å²) in [6, 6.07) is 10.7. The van der Waals surface area contributed by atoms with Crippen molar-refractivity contribution in [2.75, 3.05) is 0 Å². The van der Waals surface area contributed by atoms with Crippen molar-refractivity contribution in [2.24, 2.45) is 0 Å². The van der Waals surface area contributed by atoms with Gasteiger partial charge in [-0.25, -0.2) is 4.98 Å². The van der Waals surface area contributed by atoms with Crippen LogP contribution in [0.15, 0.2) is 59.1 Å². The number of hydrogen-bond donors (Lipinski definition) is 0. The third kappa shape index (κ3) is 2.91. The molecular formula is C25H21BNO3S+. The predicted molar refractivity (Wildman–Crippen MR) is 128 cm³/mol. The van der Waals surface area contributed by atoms with Gasteiger partial charge in [0.25, 0.3) is 5.89 Å². The van der Waals surface area contributed by atoms with Crippen molar-refractivity contribution in [1.29, 1.82) is 0 Å². The minimum atomic E-state index is -0.358. The highest BCUT2D eigenvalue weighted by Crippen LogP contribution is 2.39. The van der Waals surface area contributed by atoms with E-state index in [9.17, 15) is 0 Å². The number of hydrogen-bond acceptors (Lipinski definition) is 5. The number of allylic oxidation sites excluding steroid dienone is 6. The number of aromatic nitrogens is 1. The molecule has 0 saturated carbocycles. The maximum absolute atomic E-state index is 6.23. The van der Waals surface area contributed by atoms with Crippen LogP contribution in [-0.4, -0.2) is 23.3 Å². The molecule has 4 nitrogen and oxygen atoms in total. The largest absolute Gasteiger partial charge is 0.494 e. The molecule has 1 fully saturated rings. The summed E-state index contributed by atoms with van der Waals surface area (Å²) in [4.78, 5) is 4.72. The predicted octanol–water partition coefficient (Wildman–Crippen LogP) is 5.81. The van der Waals surface area contributed by atoms with Gasteiger partial charge in [-0.2, -0.15) is 0 Å². The molecule has 0 amide bonds. The number of oxazole rings is 1. The van der Waals surface area contributed by atoms with Crippen LogP contribution in [-0.2, 0) is 9.31 Å². The molecule has 0 atom stereocenters. The molecule has 0 N–H and O–H groups in total. The van der Waals surface area contributed by atoms with Crippen LogP contribution in [0.4, 0.5) is 0 Å². The third-order valence-corrected chi connectivity index (χ3v) is 7.61. The molecule has 1 aliphatic carbocycles. The van der Waals surface area contributed by atoms with Crippen molar-refractivity contribution in [3.8, 4) is 0 Å². The minimum absolute atomic E-state index is 0.350. The van der Waals surface area contributed by atoms with E-state index in [1.807, 2.05) is 24.3 Å². The second kappa shape index (κ2) is 6.38. The lowest BCUT2D eigenvalue weighted by Crippen LogP contribution is -2.41. The lowest BCUT2D eigenvalue weighted by molar-refractivity contribution is 0.00578. The summed E-state index contributed by atoms with van der Waals surface area (Å²) in [7, 11) is -0.358. The summed E-state index contributed by atoms with van der Waals surface area (Å²) in [6.07, 6.45) is 10.7. The number of benzene rings is 2. The average molecular weight is 426 g/mol. The van der Waals surface area contributed by atoms with Crippen LogP contribution < -0.4 is 5.46 Å². The maximum Gasteiger partial charge on any atom is 0.494 e. The first-order valence-electron chi connectivity index (χ1n) is 10.4. The molecule has 6 heteroatoms. The molecule has 31 heavy (non-hydrogen) atoms. The Balaban J connectivity index is 1.42. The summed E-state index contributed by atoms with van der Waals surface area (Å²) >= 11 is 1.75. The van der Waals surface area contributed by atoms with E-state index in [1.54, 1.807) is 11.3 Å². The quantitative estimate of drug-likeness (QED) is 0.300. The standard InChI is InChI=1S/C25H21BNO3S/c1-24(2)25(3,4)30-26(29-24)16-10-11-17-18-13-19-20(14-22(18)31-21(17)12-16)28-23(27-19)15-8-6-5-7-9-15/h6-14H,1-4H3/q+1. The Morgan fingerprint density at radius 2 is 1.74 bits per heavy atom. The highest BCUT2D eigenvalue weighted by Gasteiger charge is 2.51. The van der Waals surface area contributed by atoms with E-state index in [-0.39, 0.29) is 18.3 Å². The second-order valence-electron chi connectivity index (χ2n) is 9.07. The van der Waals surface area contributed by atoms with Crippen molar-refractivity contribution in [3.05, 3.63) is 66.6 Å². The Kier molecular flexibility index (Phi) is 3.90. The Bertz CT molecular complexity index is 1440. The van der Waals surface area contributed by atoms with Gasteiger partial charge in [-0.3, -0.25) is 0 Å². The van der Waals surface area contributed by atoms with Gasteiger partial charge >= 0.3 is 7.12 Å². The number of rotatable bonds is 2. The Labute approximate surface area is 185 Å². The van der Waals surface area contributed by atoms with Crippen LogP contribution >= 0.6 is 11.3 Å². The average Bonchev–Trinajstić information content (AvgIpc) is 3.37. The summed E-state index contributed by atoms with van der Waals surface area (Å²) in [5.41, 5.74) is 2.96. The zero-order chi connectivity index (χ0) is 21.4. The van der Waals surface area contributed by atoms with Gasteiger partial charge in [0.2, 0.25) is 0 Å².